The second-order valence-electron chi connectivity index (χ2n) is 5.74. The Balaban J connectivity index is 3.17. The van der Waals surface area contributed by atoms with Crippen molar-refractivity contribution in [2.45, 2.75) is 27.7 Å². The maximum atomic E-state index is 12.1. The van der Waals surface area contributed by atoms with Gasteiger partial charge in [0.15, 0.2) is 11.6 Å². The van der Waals surface area contributed by atoms with Crippen LogP contribution >= 0.6 is 0 Å². The molecule has 0 N–H and O–H groups in total. The fourth-order valence-electron chi connectivity index (χ4n) is 2.79. The topological polar surface area (TPSA) is 34.1 Å². The number of benzene rings is 2. The smallest absolute Gasteiger partial charge is 0.160 e. The van der Waals surface area contributed by atoms with Gasteiger partial charge in [-0.05, 0) is 38.8 Å². The normalized spacial score (nSPS) is 10.5. The van der Waals surface area contributed by atoms with Crippen molar-refractivity contribution in [1.29, 1.82) is 0 Å². The average molecular weight is 292 g/mol. The van der Waals surface area contributed by atoms with Crippen LogP contribution in [0.4, 0.5) is 0 Å². The Bertz CT molecular complexity index is 701. The van der Waals surface area contributed by atoms with E-state index in [1.807, 2.05) is 26.0 Å². The van der Waals surface area contributed by atoms with Crippen molar-refractivity contribution in [3.05, 3.63) is 59.7 Å². The Labute approximate surface area is 131 Å². The zero-order chi connectivity index (χ0) is 16.6. The maximum Gasteiger partial charge on any atom is 0.160 e. The van der Waals surface area contributed by atoms with Gasteiger partial charge in [0, 0.05) is 21.9 Å². The molecule has 0 unspecified atom stereocenters. The number of hydrogen-bond acceptors (Lipinski definition) is 2. The molecule has 2 aromatic carbocycles. The third-order valence-corrected chi connectivity index (χ3v) is 3.84. The molecule has 0 aliphatic rings. The van der Waals surface area contributed by atoms with Crippen LogP contribution in [0.1, 0.15) is 59.5 Å². The Hall–Kier alpha value is -2.48. The molecule has 0 atom stereocenters. The van der Waals surface area contributed by atoms with E-state index < -0.39 is 0 Å². The first-order chi connectivity index (χ1) is 10.3. The summed E-state index contributed by atoms with van der Waals surface area (Å²) in [6.07, 6.45) is 0. The van der Waals surface area contributed by atoms with Crippen LogP contribution in [0.5, 0.6) is 0 Å². The van der Waals surface area contributed by atoms with E-state index in [1.165, 1.54) is 13.8 Å². The molecule has 2 nitrogen and oxygen atoms in total. The van der Waals surface area contributed by atoms with Gasteiger partial charge in [-0.3, -0.25) is 9.59 Å². The van der Waals surface area contributed by atoms with E-state index in [-0.39, 0.29) is 11.6 Å². The number of hydrogen-bond donors (Lipinski definition) is 0. The monoisotopic (exact) mass is 292 g/mol. The van der Waals surface area contributed by atoms with Crippen LogP contribution in [0.15, 0.2) is 37.4 Å². The van der Waals surface area contributed by atoms with Crippen LogP contribution in [0.2, 0.25) is 0 Å². The summed E-state index contributed by atoms with van der Waals surface area (Å²) < 4.78 is 0. The number of carbonyl (C=O) groups is 2. The highest BCUT2D eigenvalue weighted by Gasteiger charge is 2.18. The molecule has 0 amide bonds. The van der Waals surface area contributed by atoms with Gasteiger partial charge in [-0.25, -0.2) is 0 Å². The lowest BCUT2D eigenvalue weighted by molar-refractivity contribution is 0.100. The van der Waals surface area contributed by atoms with E-state index in [4.69, 9.17) is 0 Å². The zero-order valence-corrected chi connectivity index (χ0v) is 13.5. The van der Waals surface area contributed by atoms with Gasteiger partial charge in [0.2, 0.25) is 0 Å². The molecule has 2 heteroatoms. The van der Waals surface area contributed by atoms with Crippen LogP contribution < -0.4 is 0 Å². The fourth-order valence-corrected chi connectivity index (χ4v) is 2.79. The van der Waals surface area contributed by atoms with Gasteiger partial charge in [-0.2, -0.15) is 0 Å². The van der Waals surface area contributed by atoms with Gasteiger partial charge in [0.25, 0.3) is 0 Å². The first-order valence-electron chi connectivity index (χ1n) is 7.19. The fraction of sp³-hybridized carbons (Fsp3) is 0.200. The molecule has 0 aliphatic carbocycles. The Morgan fingerprint density at radius 1 is 0.636 bits per heavy atom. The van der Waals surface area contributed by atoms with Crippen molar-refractivity contribution in [1.82, 2.24) is 0 Å². The summed E-state index contributed by atoms with van der Waals surface area (Å²) in [5.74, 6) is -0.0528. The zero-order valence-electron chi connectivity index (χ0n) is 13.5. The van der Waals surface area contributed by atoms with E-state index >= 15 is 0 Å². The highest BCUT2D eigenvalue weighted by atomic mass is 16.1. The number of fused-ring (bicyclic) bond motifs is 1. The molecule has 0 aromatic heterocycles. The minimum absolute atomic E-state index is 0.0264. The van der Waals surface area contributed by atoms with E-state index in [0.717, 1.165) is 33.0 Å². The summed E-state index contributed by atoms with van der Waals surface area (Å²) in [4.78, 5) is 24.1. The van der Waals surface area contributed by atoms with Crippen molar-refractivity contribution in [3.8, 4) is 0 Å². The Morgan fingerprint density at radius 3 is 1.14 bits per heavy atom. The summed E-state index contributed by atoms with van der Waals surface area (Å²) in [6.45, 7) is 14.9. The summed E-state index contributed by atoms with van der Waals surface area (Å²) >= 11 is 0. The minimum atomic E-state index is -0.0264. The quantitative estimate of drug-likeness (QED) is 0.715. The third-order valence-electron chi connectivity index (χ3n) is 3.84. The summed E-state index contributed by atoms with van der Waals surface area (Å²) in [5.41, 5.74) is 4.74. The van der Waals surface area contributed by atoms with Crippen LogP contribution in [0.3, 0.4) is 0 Å². The number of carbonyl (C=O) groups excluding carboxylic acids is 2. The number of Topliss-reactive ketones (excluding diaryl/α,β-unsaturated/α-hetero) is 2. The molecule has 0 fully saturated rings. The van der Waals surface area contributed by atoms with Crippen molar-refractivity contribution >= 4 is 33.5 Å². The molecule has 2 rings (SSSR count). The summed E-state index contributed by atoms with van der Waals surface area (Å²) in [7, 11) is 0. The van der Waals surface area contributed by atoms with Crippen molar-refractivity contribution in [3.63, 3.8) is 0 Å². The minimum Gasteiger partial charge on any atom is -0.294 e. The van der Waals surface area contributed by atoms with Crippen molar-refractivity contribution in [2.75, 3.05) is 0 Å². The molecule has 0 spiro atoms. The van der Waals surface area contributed by atoms with E-state index in [0.29, 0.717) is 11.1 Å². The molecule has 0 radical (unpaired) electrons. The molecular weight excluding hydrogens is 272 g/mol. The second kappa shape index (κ2) is 5.72. The van der Waals surface area contributed by atoms with Gasteiger partial charge >= 0.3 is 0 Å². The molecular formula is C20H20O2. The molecule has 0 saturated carbocycles. The lowest BCUT2D eigenvalue weighted by Crippen LogP contribution is -2.03. The first-order valence-corrected chi connectivity index (χ1v) is 7.19. The van der Waals surface area contributed by atoms with Crippen LogP contribution in [-0.4, -0.2) is 11.6 Å². The molecule has 2 aromatic rings. The summed E-state index contributed by atoms with van der Waals surface area (Å²) in [6, 6.07) is 7.36. The highest BCUT2D eigenvalue weighted by Crippen LogP contribution is 2.35. The maximum absolute atomic E-state index is 12.1. The lowest BCUT2D eigenvalue weighted by atomic mass is 9.86. The van der Waals surface area contributed by atoms with Crippen molar-refractivity contribution in [2.24, 2.45) is 0 Å². The van der Waals surface area contributed by atoms with Gasteiger partial charge in [-0.15, -0.1) is 0 Å². The van der Waals surface area contributed by atoms with Crippen LogP contribution in [-0.2, 0) is 0 Å². The van der Waals surface area contributed by atoms with Gasteiger partial charge < -0.3 is 0 Å². The van der Waals surface area contributed by atoms with E-state index in [9.17, 15) is 9.59 Å². The number of rotatable bonds is 4. The largest absolute Gasteiger partial charge is 0.294 e. The van der Waals surface area contributed by atoms with Crippen LogP contribution in [0.25, 0.3) is 21.9 Å². The van der Waals surface area contributed by atoms with Crippen molar-refractivity contribution < 1.29 is 9.59 Å². The predicted octanol–water partition coefficient (Wildman–Crippen LogP) is 5.31. The average Bonchev–Trinajstić information content (AvgIpc) is 2.43. The molecule has 0 bridgehead atoms. The molecule has 112 valence electrons. The molecule has 0 aliphatic heterocycles. The Kier molecular flexibility index (Phi) is 4.14. The summed E-state index contributed by atoms with van der Waals surface area (Å²) in [5, 5.41) is 1.60. The molecule has 0 heterocycles. The van der Waals surface area contributed by atoms with Crippen LogP contribution in [0, 0.1) is 0 Å². The molecule has 22 heavy (non-hydrogen) atoms. The Morgan fingerprint density at radius 2 is 0.909 bits per heavy atom. The van der Waals surface area contributed by atoms with Gasteiger partial charge in [0.1, 0.15) is 0 Å². The van der Waals surface area contributed by atoms with Gasteiger partial charge in [-0.1, -0.05) is 48.6 Å². The second-order valence-corrected chi connectivity index (χ2v) is 5.74. The highest BCUT2D eigenvalue weighted by molar-refractivity contribution is 6.19. The van der Waals surface area contributed by atoms with Gasteiger partial charge in [0.05, 0.1) is 0 Å². The van der Waals surface area contributed by atoms with E-state index in [1.54, 1.807) is 12.1 Å². The number of allylic oxidation sites excluding steroid dienone is 2. The molecule has 0 saturated heterocycles. The number of ketones is 2. The standard InChI is InChI=1S/C20H20O2/c1-11(2)15-7-8-16(12(3)4)20-18(14(6)22)10-9-17(13(5)21)19(15)20/h7-10H,1,3H2,2,4-6H3. The SMILES string of the molecule is C=C(C)c1ccc(C(=C)C)c2c(C(C)=O)ccc(C(C)=O)c12. The first kappa shape index (κ1) is 15.9. The lowest BCUT2D eigenvalue weighted by Gasteiger charge is -2.17. The third kappa shape index (κ3) is 2.52. The van der Waals surface area contributed by atoms with E-state index in [2.05, 4.69) is 13.2 Å². The predicted molar refractivity (Wildman–Crippen MR) is 93.4 cm³/mol.